The first-order valence-corrected chi connectivity index (χ1v) is 6.84. The van der Waals surface area contributed by atoms with E-state index in [1.54, 1.807) is 6.07 Å². The molecule has 1 aliphatic rings. The summed E-state index contributed by atoms with van der Waals surface area (Å²) >= 11 is 0. The molecule has 0 spiro atoms. The van der Waals surface area contributed by atoms with Crippen LogP contribution in [-0.4, -0.2) is 12.6 Å². The summed E-state index contributed by atoms with van der Waals surface area (Å²) in [4.78, 5) is 22.7. The van der Waals surface area contributed by atoms with Crippen LogP contribution in [0.15, 0.2) is 12.1 Å². The Morgan fingerprint density at radius 3 is 2.26 bits per heavy atom. The van der Waals surface area contributed by atoms with Gasteiger partial charge in [-0.1, -0.05) is 46.8 Å². The Morgan fingerprint density at radius 2 is 1.74 bits per heavy atom. The van der Waals surface area contributed by atoms with Crippen LogP contribution in [0.1, 0.15) is 72.9 Å². The van der Waals surface area contributed by atoms with E-state index in [4.69, 9.17) is 0 Å². The van der Waals surface area contributed by atoms with E-state index in [0.717, 1.165) is 24.6 Å². The lowest BCUT2D eigenvalue weighted by atomic mass is 9.57. The lowest BCUT2D eigenvalue weighted by Gasteiger charge is -2.47. The second-order valence-electron chi connectivity index (χ2n) is 6.94. The van der Waals surface area contributed by atoms with Gasteiger partial charge < -0.3 is 0 Å². The molecule has 1 aromatic rings. The van der Waals surface area contributed by atoms with Crippen molar-refractivity contribution in [2.45, 2.75) is 51.9 Å². The minimum Gasteiger partial charge on any atom is -0.298 e. The molecule has 2 rings (SSSR count). The van der Waals surface area contributed by atoms with Gasteiger partial charge in [-0.3, -0.25) is 9.59 Å². The fourth-order valence-electron chi connectivity index (χ4n) is 3.50. The molecule has 102 valence electrons. The molecule has 1 unspecified atom stereocenters. The molecule has 0 aliphatic heterocycles. The summed E-state index contributed by atoms with van der Waals surface area (Å²) in [6.45, 7) is 11.0. The molecule has 0 N–H and O–H groups in total. The summed E-state index contributed by atoms with van der Waals surface area (Å²) in [5.41, 5.74) is 3.33. The first kappa shape index (κ1) is 14.0. The second kappa shape index (κ2) is 4.29. The Kier molecular flexibility index (Phi) is 3.16. The van der Waals surface area contributed by atoms with Crippen LogP contribution in [-0.2, 0) is 10.8 Å². The van der Waals surface area contributed by atoms with Gasteiger partial charge in [0.25, 0.3) is 0 Å². The van der Waals surface area contributed by atoms with Gasteiger partial charge in [0.2, 0.25) is 0 Å². The first-order valence-electron chi connectivity index (χ1n) is 6.84. The van der Waals surface area contributed by atoms with Gasteiger partial charge in [0, 0.05) is 11.1 Å². The number of hydrogen-bond donors (Lipinski definition) is 0. The Hall–Kier alpha value is -1.44. The van der Waals surface area contributed by atoms with Crippen molar-refractivity contribution >= 4 is 12.6 Å². The maximum atomic E-state index is 11.5. The molecule has 1 atom stereocenters. The molecule has 1 aliphatic carbocycles. The van der Waals surface area contributed by atoms with Gasteiger partial charge in [0.05, 0.1) is 0 Å². The molecule has 1 aromatic carbocycles. The van der Waals surface area contributed by atoms with Crippen LogP contribution in [0.2, 0.25) is 0 Å². The molecule has 0 amide bonds. The van der Waals surface area contributed by atoms with Gasteiger partial charge >= 0.3 is 0 Å². The molecular weight excluding hydrogens is 236 g/mol. The van der Waals surface area contributed by atoms with E-state index in [2.05, 4.69) is 34.6 Å². The first-order chi connectivity index (χ1) is 8.75. The van der Waals surface area contributed by atoms with E-state index < -0.39 is 0 Å². The molecule has 2 nitrogen and oxygen atoms in total. The topological polar surface area (TPSA) is 34.1 Å². The van der Waals surface area contributed by atoms with Gasteiger partial charge in [-0.05, 0) is 34.3 Å². The summed E-state index contributed by atoms with van der Waals surface area (Å²) in [5, 5.41) is 0. The fourth-order valence-corrected chi connectivity index (χ4v) is 3.50. The highest BCUT2D eigenvalue weighted by Crippen LogP contribution is 2.50. The zero-order chi connectivity index (χ0) is 14.4. The highest BCUT2D eigenvalue weighted by Gasteiger charge is 2.43. The van der Waals surface area contributed by atoms with Crippen LogP contribution in [0, 0.1) is 5.92 Å². The van der Waals surface area contributed by atoms with E-state index in [9.17, 15) is 9.59 Å². The standard InChI is InChI=1S/C17H22O2/c1-11-8-16(2,3)14-7-6-12(9-18)13(10-19)15(14)17(11,4)5/h6-7,9-11H,8H2,1-5H3. The van der Waals surface area contributed by atoms with Gasteiger partial charge in [0.1, 0.15) is 0 Å². The SMILES string of the molecule is CC1CC(C)(C)c2ccc(C=O)c(C=O)c2C1(C)C. The van der Waals surface area contributed by atoms with Crippen molar-refractivity contribution in [3.63, 3.8) is 0 Å². The lowest BCUT2D eigenvalue weighted by molar-refractivity contribution is 0.109. The zero-order valence-corrected chi connectivity index (χ0v) is 12.4. The third kappa shape index (κ3) is 1.94. The minimum absolute atomic E-state index is 0.0451. The fraction of sp³-hybridized carbons (Fsp3) is 0.529. The van der Waals surface area contributed by atoms with E-state index in [1.165, 1.54) is 5.56 Å². The Morgan fingerprint density at radius 1 is 1.11 bits per heavy atom. The summed E-state index contributed by atoms with van der Waals surface area (Å²) < 4.78 is 0. The smallest absolute Gasteiger partial charge is 0.151 e. The average molecular weight is 258 g/mol. The maximum Gasteiger partial charge on any atom is 0.151 e. The number of rotatable bonds is 2. The van der Waals surface area contributed by atoms with Crippen molar-refractivity contribution in [1.29, 1.82) is 0 Å². The molecule has 19 heavy (non-hydrogen) atoms. The number of fused-ring (bicyclic) bond motifs is 1. The number of benzene rings is 1. The largest absolute Gasteiger partial charge is 0.298 e. The van der Waals surface area contributed by atoms with Gasteiger partial charge in [0.15, 0.2) is 12.6 Å². The molecule has 0 aromatic heterocycles. The van der Waals surface area contributed by atoms with Crippen LogP contribution in [0.3, 0.4) is 0 Å². The summed E-state index contributed by atoms with van der Waals surface area (Å²) in [7, 11) is 0. The molecular formula is C17H22O2. The summed E-state index contributed by atoms with van der Waals surface area (Å²) in [6.07, 6.45) is 2.72. The normalized spacial score (nSPS) is 23.5. The number of carbonyl (C=O) groups is 2. The molecule has 0 fully saturated rings. The lowest BCUT2D eigenvalue weighted by Crippen LogP contribution is -2.41. The maximum absolute atomic E-state index is 11.5. The Balaban J connectivity index is 2.86. The van der Waals surface area contributed by atoms with Gasteiger partial charge in [-0.2, -0.15) is 0 Å². The van der Waals surface area contributed by atoms with Crippen LogP contribution in [0.25, 0.3) is 0 Å². The average Bonchev–Trinajstić information content (AvgIpc) is 2.34. The predicted molar refractivity (Wildman–Crippen MR) is 77.1 cm³/mol. The van der Waals surface area contributed by atoms with Crippen molar-refractivity contribution in [2.75, 3.05) is 0 Å². The van der Waals surface area contributed by atoms with Crippen molar-refractivity contribution < 1.29 is 9.59 Å². The van der Waals surface area contributed by atoms with Crippen LogP contribution in [0.4, 0.5) is 0 Å². The number of aldehydes is 2. The minimum atomic E-state index is -0.0832. The quantitative estimate of drug-likeness (QED) is 0.754. The Bertz CT molecular complexity index is 538. The van der Waals surface area contributed by atoms with E-state index >= 15 is 0 Å². The Labute approximate surface area is 115 Å². The van der Waals surface area contributed by atoms with Gasteiger partial charge in [-0.25, -0.2) is 0 Å². The van der Waals surface area contributed by atoms with Crippen LogP contribution < -0.4 is 0 Å². The van der Waals surface area contributed by atoms with Crippen LogP contribution >= 0.6 is 0 Å². The van der Waals surface area contributed by atoms with Gasteiger partial charge in [-0.15, -0.1) is 0 Å². The molecule has 0 saturated carbocycles. The molecule has 0 heterocycles. The van der Waals surface area contributed by atoms with Crippen molar-refractivity contribution in [2.24, 2.45) is 5.92 Å². The highest BCUT2D eigenvalue weighted by molar-refractivity contribution is 5.93. The van der Waals surface area contributed by atoms with E-state index in [1.807, 2.05) is 6.07 Å². The molecule has 0 radical (unpaired) electrons. The van der Waals surface area contributed by atoms with E-state index in [0.29, 0.717) is 17.0 Å². The predicted octanol–water partition coefficient (Wildman–Crippen LogP) is 3.91. The molecule has 2 heteroatoms. The monoisotopic (exact) mass is 258 g/mol. The van der Waals surface area contributed by atoms with Crippen molar-refractivity contribution in [3.8, 4) is 0 Å². The zero-order valence-electron chi connectivity index (χ0n) is 12.4. The van der Waals surface area contributed by atoms with E-state index in [-0.39, 0.29) is 10.8 Å². The van der Waals surface area contributed by atoms with Crippen molar-refractivity contribution in [1.82, 2.24) is 0 Å². The summed E-state index contributed by atoms with van der Waals surface area (Å²) in [6, 6.07) is 3.81. The third-order valence-corrected chi connectivity index (χ3v) is 4.95. The molecule has 0 saturated heterocycles. The second-order valence-corrected chi connectivity index (χ2v) is 6.94. The highest BCUT2D eigenvalue weighted by atomic mass is 16.1. The molecule has 0 bridgehead atoms. The van der Waals surface area contributed by atoms with Crippen molar-refractivity contribution in [3.05, 3.63) is 34.4 Å². The number of carbonyl (C=O) groups excluding carboxylic acids is 2. The summed E-state index contributed by atoms with van der Waals surface area (Å²) in [5.74, 6) is 0.468. The van der Waals surface area contributed by atoms with Crippen LogP contribution in [0.5, 0.6) is 0 Å². The third-order valence-electron chi connectivity index (χ3n) is 4.95. The number of hydrogen-bond acceptors (Lipinski definition) is 2.